The molecule has 0 N–H and O–H groups in total. The summed E-state index contributed by atoms with van der Waals surface area (Å²) in [4.78, 5) is 31.1. The molecule has 2 amide bonds. The van der Waals surface area contributed by atoms with E-state index in [1.165, 1.54) is 12.1 Å². The number of nitrogens with zero attached hydrogens (tertiary/aromatic N) is 2. The highest BCUT2D eigenvalue weighted by Gasteiger charge is 2.30. The standard InChI is InChI=1S/C26H28ClFN2O2S/c1-3-19(2)30(26(32)25(27)21-8-5-4-6-9-21)18-24(31)29(17-23-10-7-15-33-23)16-20-11-13-22(28)14-12-20/h4-15,19,25H,3,16-18H2,1-2H3. The average Bonchev–Trinajstić information content (AvgIpc) is 3.35. The van der Waals surface area contributed by atoms with E-state index in [2.05, 4.69) is 0 Å². The van der Waals surface area contributed by atoms with Gasteiger partial charge < -0.3 is 9.80 Å². The van der Waals surface area contributed by atoms with Crippen molar-refractivity contribution in [3.8, 4) is 0 Å². The minimum absolute atomic E-state index is 0.0730. The number of carbonyl (C=O) groups excluding carboxylic acids is 2. The lowest BCUT2D eigenvalue weighted by Gasteiger charge is -2.32. The van der Waals surface area contributed by atoms with E-state index < -0.39 is 5.38 Å². The fourth-order valence-electron chi connectivity index (χ4n) is 3.46. The summed E-state index contributed by atoms with van der Waals surface area (Å²) < 4.78 is 13.4. The maximum atomic E-state index is 13.5. The summed E-state index contributed by atoms with van der Waals surface area (Å²) in [5.41, 5.74) is 1.52. The van der Waals surface area contributed by atoms with E-state index in [-0.39, 0.29) is 30.2 Å². The van der Waals surface area contributed by atoms with Crippen LogP contribution in [0.5, 0.6) is 0 Å². The largest absolute Gasteiger partial charge is 0.332 e. The summed E-state index contributed by atoms with van der Waals surface area (Å²) in [5, 5.41) is 1.10. The molecule has 0 aliphatic carbocycles. The maximum Gasteiger partial charge on any atom is 0.245 e. The minimum atomic E-state index is -0.865. The summed E-state index contributed by atoms with van der Waals surface area (Å²) >= 11 is 8.09. The number of halogens is 2. The van der Waals surface area contributed by atoms with E-state index >= 15 is 0 Å². The third kappa shape index (κ3) is 6.89. The third-order valence-corrected chi connectivity index (χ3v) is 6.89. The molecule has 1 aromatic heterocycles. The predicted molar refractivity (Wildman–Crippen MR) is 131 cm³/mol. The molecule has 33 heavy (non-hydrogen) atoms. The second kappa shape index (κ2) is 12.0. The van der Waals surface area contributed by atoms with Crippen LogP contribution in [0, 0.1) is 5.82 Å². The zero-order valence-corrected chi connectivity index (χ0v) is 20.4. The lowest BCUT2D eigenvalue weighted by molar-refractivity contribution is -0.142. The third-order valence-electron chi connectivity index (χ3n) is 5.59. The zero-order valence-electron chi connectivity index (χ0n) is 18.8. The predicted octanol–water partition coefficient (Wildman–Crippen LogP) is 6.02. The highest BCUT2D eigenvalue weighted by molar-refractivity contribution is 7.09. The molecule has 0 saturated carbocycles. The van der Waals surface area contributed by atoms with E-state index in [9.17, 15) is 14.0 Å². The molecule has 0 aliphatic rings. The van der Waals surface area contributed by atoms with Crippen molar-refractivity contribution in [2.24, 2.45) is 0 Å². The highest BCUT2D eigenvalue weighted by Crippen LogP contribution is 2.25. The van der Waals surface area contributed by atoms with Crippen LogP contribution in [-0.2, 0) is 22.7 Å². The van der Waals surface area contributed by atoms with E-state index in [1.54, 1.807) is 33.3 Å². The lowest BCUT2D eigenvalue weighted by atomic mass is 10.1. The number of alkyl halides is 1. The van der Waals surface area contributed by atoms with Crippen molar-refractivity contribution in [1.82, 2.24) is 9.80 Å². The van der Waals surface area contributed by atoms with Gasteiger partial charge >= 0.3 is 0 Å². The van der Waals surface area contributed by atoms with Gasteiger partial charge in [-0.2, -0.15) is 0 Å². The first-order valence-corrected chi connectivity index (χ1v) is 12.2. The first-order chi connectivity index (χ1) is 15.9. The van der Waals surface area contributed by atoms with Crippen molar-refractivity contribution in [1.29, 1.82) is 0 Å². The molecule has 2 unspecified atom stereocenters. The summed E-state index contributed by atoms with van der Waals surface area (Å²) in [7, 11) is 0. The van der Waals surface area contributed by atoms with Crippen LogP contribution >= 0.6 is 22.9 Å². The Morgan fingerprint density at radius 3 is 2.30 bits per heavy atom. The molecule has 4 nitrogen and oxygen atoms in total. The van der Waals surface area contributed by atoms with Gasteiger partial charge in [-0.25, -0.2) is 4.39 Å². The van der Waals surface area contributed by atoms with Gasteiger partial charge in [0.05, 0.1) is 6.54 Å². The Morgan fingerprint density at radius 1 is 1.00 bits per heavy atom. The van der Waals surface area contributed by atoms with Gasteiger partial charge in [0.2, 0.25) is 11.8 Å². The molecular formula is C26H28ClFN2O2S. The normalized spacial score (nSPS) is 12.7. The lowest BCUT2D eigenvalue weighted by Crippen LogP contribution is -2.47. The van der Waals surface area contributed by atoms with Gasteiger partial charge in [0, 0.05) is 17.5 Å². The van der Waals surface area contributed by atoms with E-state index in [4.69, 9.17) is 11.6 Å². The molecule has 0 saturated heterocycles. The molecule has 1 heterocycles. The topological polar surface area (TPSA) is 40.6 Å². The van der Waals surface area contributed by atoms with Crippen LogP contribution < -0.4 is 0 Å². The Morgan fingerprint density at radius 2 is 1.70 bits per heavy atom. The Balaban J connectivity index is 1.81. The summed E-state index contributed by atoms with van der Waals surface area (Å²) in [6.07, 6.45) is 0.695. The van der Waals surface area contributed by atoms with E-state index in [0.717, 1.165) is 10.4 Å². The van der Waals surface area contributed by atoms with Crippen molar-refractivity contribution in [2.75, 3.05) is 6.54 Å². The van der Waals surface area contributed by atoms with Gasteiger partial charge in [-0.3, -0.25) is 9.59 Å². The second-order valence-electron chi connectivity index (χ2n) is 7.95. The molecule has 3 aromatic rings. The first-order valence-electron chi connectivity index (χ1n) is 10.9. The Hall–Kier alpha value is -2.70. The second-order valence-corrected chi connectivity index (χ2v) is 9.42. The Bertz CT molecular complexity index is 1030. The van der Waals surface area contributed by atoms with Gasteiger partial charge in [-0.1, -0.05) is 55.5 Å². The molecule has 174 valence electrons. The molecule has 0 aliphatic heterocycles. The number of thiophene rings is 1. The number of carbonyl (C=O) groups is 2. The minimum Gasteiger partial charge on any atom is -0.332 e. The summed E-state index contributed by atoms with van der Waals surface area (Å²) in [5.74, 6) is -0.792. The van der Waals surface area contributed by atoms with E-state index in [1.807, 2.05) is 61.7 Å². The Labute approximate surface area is 203 Å². The summed E-state index contributed by atoms with van der Waals surface area (Å²) in [6.45, 7) is 4.56. The van der Waals surface area contributed by atoms with Crippen molar-refractivity contribution < 1.29 is 14.0 Å². The average molecular weight is 487 g/mol. The van der Waals surface area contributed by atoms with Crippen LogP contribution in [0.4, 0.5) is 4.39 Å². The van der Waals surface area contributed by atoms with Crippen molar-refractivity contribution >= 4 is 34.8 Å². The smallest absolute Gasteiger partial charge is 0.245 e. The van der Waals surface area contributed by atoms with Gasteiger partial charge in [0.1, 0.15) is 17.7 Å². The molecule has 2 aromatic carbocycles. The van der Waals surface area contributed by atoms with Crippen LogP contribution in [0.15, 0.2) is 72.1 Å². The van der Waals surface area contributed by atoms with E-state index in [0.29, 0.717) is 25.1 Å². The number of hydrogen-bond donors (Lipinski definition) is 0. The monoisotopic (exact) mass is 486 g/mol. The molecule has 0 radical (unpaired) electrons. The molecule has 7 heteroatoms. The quantitative estimate of drug-likeness (QED) is 0.328. The zero-order chi connectivity index (χ0) is 23.8. The van der Waals surface area contributed by atoms with Crippen LogP contribution in [0.3, 0.4) is 0 Å². The van der Waals surface area contributed by atoms with Gasteiger partial charge in [-0.15, -0.1) is 22.9 Å². The fourth-order valence-corrected chi connectivity index (χ4v) is 4.45. The van der Waals surface area contributed by atoms with Crippen LogP contribution in [0.1, 0.15) is 41.6 Å². The maximum absolute atomic E-state index is 13.5. The van der Waals surface area contributed by atoms with Crippen molar-refractivity contribution in [3.05, 3.63) is 93.9 Å². The SMILES string of the molecule is CCC(C)N(CC(=O)N(Cc1ccc(F)cc1)Cc1cccs1)C(=O)C(Cl)c1ccccc1. The van der Waals surface area contributed by atoms with Gasteiger partial charge in [0.15, 0.2) is 0 Å². The van der Waals surface area contributed by atoms with Crippen molar-refractivity contribution in [2.45, 2.75) is 44.8 Å². The highest BCUT2D eigenvalue weighted by atomic mass is 35.5. The number of amides is 2. The van der Waals surface area contributed by atoms with Crippen LogP contribution in [0.25, 0.3) is 0 Å². The molecule has 0 bridgehead atoms. The molecular weight excluding hydrogens is 459 g/mol. The fraction of sp³-hybridized carbons (Fsp3) is 0.308. The van der Waals surface area contributed by atoms with Crippen LogP contribution in [-0.4, -0.2) is 34.2 Å². The van der Waals surface area contributed by atoms with Crippen LogP contribution in [0.2, 0.25) is 0 Å². The van der Waals surface area contributed by atoms with Crippen molar-refractivity contribution in [3.63, 3.8) is 0 Å². The number of benzene rings is 2. The van der Waals surface area contributed by atoms with Gasteiger partial charge in [0.25, 0.3) is 0 Å². The number of rotatable bonds is 10. The molecule has 0 fully saturated rings. The first kappa shape index (κ1) is 24.9. The summed E-state index contributed by atoms with van der Waals surface area (Å²) in [6, 6.07) is 19.0. The molecule has 2 atom stereocenters. The molecule has 3 rings (SSSR count). The molecule has 0 spiro atoms. The Kier molecular flexibility index (Phi) is 9.03. The van der Waals surface area contributed by atoms with Gasteiger partial charge in [-0.05, 0) is 48.1 Å². The number of hydrogen-bond acceptors (Lipinski definition) is 3.